The van der Waals surface area contributed by atoms with Crippen molar-refractivity contribution in [3.8, 4) is 0 Å². The summed E-state index contributed by atoms with van der Waals surface area (Å²) < 4.78 is 55.6. The van der Waals surface area contributed by atoms with Gasteiger partial charge < -0.3 is 9.64 Å². The van der Waals surface area contributed by atoms with Gasteiger partial charge in [-0.1, -0.05) is 6.92 Å². The molecule has 26 heavy (non-hydrogen) atoms. The fourth-order valence-electron chi connectivity index (χ4n) is 1.85. The van der Waals surface area contributed by atoms with Gasteiger partial charge in [0.2, 0.25) is 10.0 Å². The van der Waals surface area contributed by atoms with Gasteiger partial charge >= 0.3 is 6.09 Å². The summed E-state index contributed by atoms with van der Waals surface area (Å²) >= 11 is 0. The van der Waals surface area contributed by atoms with E-state index in [2.05, 4.69) is 4.72 Å². The monoisotopic (exact) mass is 406 g/mol. The number of rotatable bonds is 7. The molecular formula is C16H26N2O6S2. The Labute approximate surface area is 155 Å². The molecule has 0 heterocycles. The number of amides is 1. The van der Waals surface area contributed by atoms with Gasteiger partial charge in [0.05, 0.1) is 15.5 Å². The second kappa shape index (κ2) is 8.36. The van der Waals surface area contributed by atoms with Gasteiger partial charge in [0, 0.05) is 20.1 Å². The van der Waals surface area contributed by atoms with Crippen LogP contribution < -0.4 is 4.72 Å². The third kappa shape index (κ3) is 6.58. The predicted molar refractivity (Wildman–Crippen MR) is 98.2 cm³/mol. The molecule has 148 valence electrons. The van der Waals surface area contributed by atoms with E-state index in [1.54, 1.807) is 20.8 Å². The number of benzene rings is 1. The zero-order valence-electron chi connectivity index (χ0n) is 15.6. The second-order valence-electron chi connectivity index (χ2n) is 6.67. The van der Waals surface area contributed by atoms with Crippen LogP contribution in [0.25, 0.3) is 0 Å². The number of hydrogen-bond acceptors (Lipinski definition) is 6. The summed E-state index contributed by atoms with van der Waals surface area (Å²) in [4.78, 5) is 13.1. The molecule has 1 aromatic carbocycles. The Balaban J connectivity index is 2.69. The molecular weight excluding hydrogens is 380 g/mol. The maximum Gasteiger partial charge on any atom is 0.410 e. The van der Waals surface area contributed by atoms with Gasteiger partial charge in [-0.3, -0.25) is 0 Å². The quantitative estimate of drug-likeness (QED) is 0.737. The zero-order chi connectivity index (χ0) is 20.2. The maximum absolute atomic E-state index is 12.2. The highest BCUT2D eigenvalue weighted by Crippen LogP contribution is 2.15. The summed E-state index contributed by atoms with van der Waals surface area (Å²) in [6.45, 7) is 6.85. The van der Waals surface area contributed by atoms with Crippen molar-refractivity contribution in [2.75, 3.05) is 25.9 Å². The molecule has 0 radical (unpaired) electrons. The fourth-order valence-corrected chi connectivity index (χ4v) is 3.76. The zero-order valence-corrected chi connectivity index (χ0v) is 17.3. The summed E-state index contributed by atoms with van der Waals surface area (Å²) in [5.74, 6) is -0.0612. The minimum atomic E-state index is -3.81. The Hall–Kier alpha value is -1.65. The van der Waals surface area contributed by atoms with E-state index in [9.17, 15) is 21.6 Å². The third-order valence-corrected chi connectivity index (χ3v) is 6.55. The smallest absolute Gasteiger partial charge is 0.410 e. The molecule has 1 rings (SSSR count). The number of carbonyl (C=O) groups excluding carboxylic acids is 1. The third-order valence-electron chi connectivity index (χ3n) is 3.32. The van der Waals surface area contributed by atoms with Crippen LogP contribution in [-0.4, -0.2) is 59.3 Å². The number of carbonyl (C=O) groups is 1. The van der Waals surface area contributed by atoms with Crippen LogP contribution in [0.3, 0.4) is 0 Å². The van der Waals surface area contributed by atoms with E-state index in [0.29, 0.717) is 0 Å². The van der Waals surface area contributed by atoms with E-state index in [4.69, 9.17) is 4.74 Å². The summed E-state index contributed by atoms with van der Waals surface area (Å²) in [5, 5.41) is 0. The van der Waals surface area contributed by atoms with Crippen LogP contribution in [0.1, 0.15) is 27.7 Å². The molecule has 1 N–H and O–H groups in total. The Bertz CT molecular complexity index is 824. The predicted octanol–water partition coefficient (Wildman–Crippen LogP) is 1.63. The van der Waals surface area contributed by atoms with Gasteiger partial charge in [-0.05, 0) is 45.0 Å². The van der Waals surface area contributed by atoms with Crippen LogP contribution in [0.5, 0.6) is 0 Å². The Morgan fingerprint density at radius 3 is 2.04 bits per heavy atom. The molecule has 10 heteroatoms. The normalized spacial score (nSPS) is 12.7. The van der Waals surface area contributed by atoms with Crippen molar-refractivity contribution in [1.29, 1.82) is 0 Å². The van der Waals surface area contributed by atoms with E-state index in [0.717, 1.165) is 0 Å². The van der Waals surface area contributed by atoms with Crippen LogP contribution in [0.15, 0.2) is 34.1 Å². The molecule has 0 saturated carbocycles. The van der Waals surface area contributed by atoms with Crippen molar-refractivity contribution >= 4 is 26.0 Å². The molecule has 0 aliphatic heterocycles. The number of sulfonamides is 1. The summed E-state index contributed by atoms with van der Waals surface area (Å²) in [6, 6.07) is 5.01. The second-order valence-corrected chi connectivity index (χ2v) is 10.7. The molecule has 0 unspecified atom stereocenters. The van der Waals surface area contributed by atoms with Crippen LogP contribution in [0, 0.1) is 0 Å². The number of nitrogens with zero attached hydrogens (tertiary/aromatic N) is 1. The van der Waals surface area contributed by atoms with Crippen molar-refractivity contribution in [1.82, 2.24) is 9.62 Å². The van der Waals surface area contributed by atoms with E-state index in [1.165, 1.54) is 43.1 Å². The molecule has 1 aromatic rings. The SMILES string of the molecule is CCS(=O)(=O)c1ccc(S(=O)(=O)NCCN(C)C(=O)OC(C)(C)C)cc1. The number of ether oxygens (including phenoxy) is 1. The Morgan fingerprint density at radius 2 is 1.58 bits per heavy atom. The van der Waals surface area contributed by atoms with Crippen LogP contribution in [-0.2, 0) is 24.6 Å². The van der Waals surface area contributed by atoms with E-state index in [-0.39, 0.29) is 28.6 Å². The van der Waals surface area contributed by atoms with Gasteiger partial charge in [0.15, 0.2) is 9.84 Å². The average Bonchev–Trinajstić information content (AvgIpc) is 2.53. The molecule has 0 bridgehead atoms. The lowest BCUT2D eigenvalue weighted by Crippen LogP contribution is -2.39. The molecule has 0 saturated heterocycles. The van der Waals surface area contributed by atoms with E-state index >= 15 is 0 Å². The lowest BCUT2D eigenvalue weighted by molar-refractivity contribution is 0.0302. The first kappa shape index (κ1) is 22.4. The molecule has 1 amide bonds. The standard InChI is InChI=1S/C16H26N2O6S2/c1-6-25(20,21)13-7-9-14(10-8-13)26(22,23)17-11-12-18(5)15(19)24-16(2,3)4/h7-10,17H,6,11-12H2,1-5H3. The van der Waals surface area contributed by atoms with E-state index in [1.807, 2.05) is 0 Å². The molecule has 0 spiro atoms. The summed E-state index contributed by atoms with van der Waals surface area (Å²) in [7, 11) is -5.69. The van der Waals surface area contributed by atoms with Gasteiger partial charge in [-0.2, -0.15) is 0 Å². The van der Waals surface area contributed by atoms with Crippen LogP contribution in [0.2, 0.25) is 0 Å². The molecule has 0 aromatic heterocycles. The van der Waals surface area contributed by atoms with Crippen molar-refractivity contribution in [2.24, 2.45) is 0 Å². The average molecular weight is 407 g/mol. The number of sulfone groups is 1. The summed E-state index contributed by atoms with van der Waals surface area (Å²) in [6.07, 6.45) is -0.550. The van der Waals surface area contributed by atoms with Crippen LogP contribution >= 0.6 is 0 Å². The first-order valence-corrected chi connectivity index (χ1v) is 11.2. The summed E-state index contributed by atoms with van der Waals surface area (Å²) in [5.41, 5.74) is -0.634. The molecule has 0 atom stereocenters. The van der Waals surface area contributed by atoms with Gasteiger partial charge in [-0.25, -0.2) is 26.4 Å². The minimum Gasteiger partial charge on any atom is -0.444 e. The minimum absolute atomic E-state index is 0.00686. The first-order valence-electron chi connectivity index (χ1n) is 8.05. The number of hydrogen-bond donors (Lipinski definition) is 1. The van der Waals surface area contributed by atoms with Crippen molar-refractivity contribution in [3.63, 3.8) is 0 Å². The highest BCUT2D eigenvalue weighted by molar-refractivity contribution is 7.91. The molecule has 0 aliphatic rings. The molecule has 0 fully saturated rings. The topological polar surface area (TPSA) is 110 Å². The lowest BCUT2D eigenvalue weighted by atomic mass is 10.2. The van der Waals surface area contributed by atoms with Crippen molar-refractivity contribution < 1.29 is 26.4 Å². The Morgan fingerprint density at radius 1 is 1.08 bits per heavy atom. The Kier molecular flexibility index (Phi) is 7.20. The van der Waals surface area contributed by atoms with Gasteiger partial charge in [-0.15, -0.1) is 0 Å². The first-order chi connectivity index (χ1) is 11.8. The largest absolute Gasteiger partial charge is 0.444 e. The van der Waals surface area contributed by atoms with E-state index < -0.39 is 31.6 Å². The number of nitrogens with one attached hydrogen (secondary N) is 1. The van der Waals surface area contributed by atoms with Gasteiger partial charge in [0.25, 0.3) is 0 Å². The fraction of sp³-hybridized carbons (Fsp3) is 0.562. The van der Waals surface area contributed by atoms with Crippen LogP contribution in [0.4, 0.5) is 4.79 Å². The molecule has 0 aliphatic carbocycles. The highest BCUT2D eigenvalue weighted by Gasteiger charge is 2.20. The number of likely N-dealkylation sites (N-methyl/N-ethyl adjacent to an activating group) is 1. The van der Waals surface area contributed by atoms with Gasteiger partial charge in [0.1, 0.15) is 5.60 Å². The molecule has 8 nitrogen and oxygen atoms in total. The highest BCUT2D eigenvalue weighted by atomic mass is 32.2. The van der Waals surface area contributed by atoms with Crippen molar-refractivity contribution in [2.45, 2.75) is 43.1 Å². The lowest BCUT2D eigenvalue weighted by Gasteiger charge is -2.24. The van der Waals surface area contributed by atoms with Crippen molar-refractivity contribution in [3.05, 3.63) is 24.3 Å². The maximum atomic E-state index is 12.2.